The van der Waals surface area contributed by atoms with E-state index in [1.807, 2.05) is 36.6 Å². The van der Waals surface area contributed by atoms with E-state index in [-0.39, 0.29) is 29.1 Å². The number of benzene rings is 2. The first-order chi connectivity index (χ1) is 16.9. The number of rotatable bonds is 11. The van der Waals surface area contributed by atoms with Crippen LogP contribution in [0.5, 0.6) is 11.5 Å². The standard InChI is InChI=1S/C25H30N6O3S/c1-35-29-14-5-8-21(32)31-15-13-18(16-31)30-24(27)22(25(28)33)23(26)17-9-11-20(12-10-17)34-19-6-3-2-4-7-19/h2-12,18,26,29-30H,13-16,27H2,1H3,(H2,28,33)/b8-5+,24-22+,26-23?. The first kappa shape index (κ1) is 25.9. The van der Waals surface area contributed by atoms with Gasteiger partial charge in [0, 0.05) is 37.3 Å². The molecular formula is C25H30N6O3S. The van der Waals surface area contributed by atoms with Gasteiger partial charge in [-0.15, -0.1) is 0 Å². The predicted molar refractivity (Wildman–Crippen MR) is 139 cm³/mol. The Morgan fingerprint density at radius 1 is 1.14 bits per heavy atom. The van der Waals surface area contributed by atoms with Crippen molar-refractivity contribution in [2.24, 2.45) is 11.5 Å². The van der Waals surface area contributed by atoms with Crippen LogP contribution in [-0.2, 0) is 9.59 Å². The quantitative estimate of drug-likeness (QED) is 0.139. The Morgan fingerprint density at radius 3 is 2.49 bits per heavy atom. The molecule has 0 radical (unpaired) electrons. The van der Waals surface area contributed by atoms with E-state index in [1.54, 1.807) is 41.3 Å². The number of primary amides is 1. The third kappa shape index (κ3) is 7.36. The third-order valence-corrected chi connectivity index (χ3v) is 5.81. The minimum Gasteiger partial charge on any atom is -0.457 e. The smallest absolute Gasteiger partial charge is 0.254 e. The van der Waals surface area contributed by atoms with E-state index in [0.29, 0.717) is 43.1 Å². The van der Waals surface area contributed by atoms with Crippen molar-refractivity contribution in [3.8, 4) is 11.5 Å². The molecule has 1 atom stereocenters. The van der Waals surface area contributed by atoms with Crippen molar-refractivity contribution < 1.29 is 14.3 Å². The molecule has 1 aliphatic rings. The number of hydrogen-bond acceptors (Lipinski definition) is 8. The lowest BCUT2D eigenvalue weighted by molar-refractivity contribution is -0.125. The molecule has 0 spiro atoms. The van der Waals surface area contributed by atoms with Crippen molar-refractivity contribution in [3.05, 3.63) is 83.7 Å². The number of nitrogens with zero attached hydrogens (tertiary/aromatic N) is 1. The summed E-state index contributed by atoms with van der Waals surface area (Å²) in [5.74, 6) is 0.418. The van der Waals surface area contributed by atoms with Crippen LogP contribution in [0.15, 0.2) is 78.1 Å². The molecule has 9 nitrogen and oxygen atoms in total. The van der Waals surface area contributed by atoms with Gasteiger partial charge in [-0.25, -0.2) is 0 Å². The first-order valence-corrected chi connectivity index (χ1v) is 12.3. The molecule has 1 fully saturated rings. The molecule has 1 unspecified atom stereocenters. The number of carbonyl (C=O) groups is 2. The number of likely N-dealkylation sites (tertiary alicyclic amines) is 1. The summed E-state index contributed by atoms with van der Waals surface area (Å²) in [6, 6.07) is 15.9. The molecule has 184 valence electrons. The zero-order valence-electron chi connectivity index (χ0n) is 19.5. The summed E-state index contributed by atoms with van der Waals surface area (Å²) < 4.78 is 8.81. The zero-order chi connectivity index (χ0) is 25.2. The number of nitrogens with one attached hydrogen (secondary N) is 3. The molecule has 2 aromatic rings. The molecule has 7 N–H and O–H groups in total. The predicted octanol–water partition coefficient (Wildman–Crippen LogP) is 2.12. The molecule has 35 heavy (non-hydrogen) atoms. The Labute approximate surface area is 209 Å². The summed E-state index contributed by atoms with van der Waals surface area (Å²) in [5.41, 5.74) is 12.0. The zero-order valence-corrected chi connectivity index (χ0v) is 20.3. The van der Waals surface area contributed by atoms with Gasteiger partial charge in [-0.05, 0) is 49.1 Å². The molecular weight excluding hydrogens is 464 g/mol. The van der Waals surface area contributed by atoms with Crippen molar-refractivity contribution in [1.29, 1.82) is 5.41 Å². The average Bonchev–Trinajstić information content (AvgIpc) is 3.31. The molecule has 10 heteroatoms. The molecule has 3 rings (SSSR count). The normalized spacial score (nSPS) is 16.1. The van der Waals surface area contributed by atoms with Gasteiger partial charge in [-0.2, -0.15) is 0 Å². The molecule has 1 aliphatic heterocycles. The van der Waals surface area contributed by atoms with Gasteiger partial charge in [0.1, 0.15) is 22.9 Å². The van der Waals surface area contributed by atoms with Crippen LogP contribution in [0, 0.1) is 5.41 Å². The maximum absolute atomic E-state index is 12.3. The average molecular weight is 495 g/mol. The molecule has 2 aromatic carbocycles. The largest absolute Gasteiger partial charge is 0.457 e. The van der Waals surface area contributed by atoms with E-state index in [9.17, 15) is 9.59 Å². The Balaban J connectivity index is 1.64. The summed E-state index contributed by atoms with van der Waals surface area (Å²) >= 11 is 1.48. The fraction of sp³-hybridized carbons (Fsp3) is 0.240. The van der Waals surface area contributed by atoms with Crippen LogP contribution >= 0.6 is 11.9 Å². The van der Waals surface area contributed by atoms with Gasteiger partial charge >= 0.3 is 0 Å². The lowest BCUT2D eigenvalue weighted by atomic mass is 10.0. The fourth-order valence-electron chi connectivity index (χ4n) is 3.62. The molecule has 0 bridgehead atoms. The summed E-state index contributed by atoms with van der Waals surface area (Å²) in [6.45, 7) is 1.60. The monoisotopic (exact) mass is 494 g/mol. The van der Waals surface area contributed by atoms with E-state index in [1.165, 1.54) is 11.9 Å². The van der Waals surface area contributed by atoms with Crippen LogP contribution in [0.1, 0.15) is 12.0 Å². The van der Waals surface area contributed by atoms with E-state index in [4.69, 9.17) is 21.6 Å². The highest BCUT2D eigenvalue weighted by Crippen LogP contribution is 2.22. The summed E-state index contributed by atoms with van der Waals surface area (Å²) in [7, 11) is 0. The molecule has 2 amide bonds. The fourth-order valence-corrected chi connectivity index (χ4v) is 3.88. The molecule has 0 saturated carbocycles. The van der Waals surface area contributed by atoms with Crippen LogP contribution in [-0.4, -0.2) is 54.4 Å². The lowest BCUT2D eigenvalue weighted by Gasteiger charge is -2.18. The number of para-hydroxylation sites is 1. The maximum Gasteiger partial charge on any atom is 0.254 e. The number of amides is 2. The topological polar surface area (TPSA) is 147 Å². The molecule has 0 aromatic heterocycles. The Morgan fingerprint density at radius 2 is 1.83 bits per heavy atom. The maximum atomic E-state index is 12.3. The number of hydrogen-bond donors (Lipinski definition) is 5. The second-order valence-electron chi connectivity index (χ2n) is 7.84. The minimum atomic E-state index is -0.806. The second-order valence-corrected chi connectivity index (χ2v) is 8.53. The van der Waals surface area contributed by atoms with Crippen LogP contribution < -0.4 is 26.2 Å². The minimum absolute atomic E-state index is 0.0196. The van der Waals surface area contributed by atoms with Crippen molar-refractivity contribution in [2.75, 3.05) is 25.9 Å². The van der Waals surface area contributed by atoms with Gasteiger partial charge in [0.25, 0.3) is 5.91 Å². The van der Waals surface area contributed by atoms with Crippen molar-refractivity contribution in [2.45, 2.75) is 12.5 Å². The summed E-state index contributed by atoms with van der Waals surface area (Å²) in [4.78, 5) is 26.2. The first-order valence-electron chi connectivity index (χ1n) is 11.1. The SMILES string of the molecule is CSNC/C=C/C(=O)N1CCC(N/C(N)=C(\C(=N)c2ccc(Oc3ccccc3)cc2)C(N)=O)C1. The van der Waals surface area contributed by atoms with Gasteiger partial charge in [0.2, 0.25) is 5.91 Å². The van der Waals surface area contributed by atoms with Crippen molar-refractivity contribution >= 4 is 29.5 Å². The summed E-state index contributed by atoms with van der Waals surface area (Å²) in [6.07, 6.45) is 5.89. The van der Waals surface area contributed by atoms with E-state index in [0.717, 1.165) is 0 Å². The highest BCUT2D eigenvalue weighted by atomic mass is 32.2. The highest BCUT2D eigenvalue weighted by molar-refractivity contribution is 7.96. The van der Waals surface area contributed by atoms with Gasteiger partial charge in [0.15, 0.2) is 0 Å². The van der Waals surface area contributed by atoms with Crippen LogP contribution in [0.4, 0.5) is 0 Å². The lowest BCUT2D eigenvalue weighted by Crippen LogP contribution is -2.39. The number of ether oxygens (including phenoxy) is 1. The van der Waals surface area contributed by atoms with Crippen LogP contribution in [0.3, 0.4) is 0 Å². The Hall–Kier alpha value is -3.76. The highest BCUT2D eigenvalue weighted by Gasteiger charge is 2.27. The van der Waals surface area contributed by atoms with Gasteiger partial charge in [-0.3, -0.25) is 19.7 Å². The van der Waals surface area contributed by atoms with E-state index in [2.05, 4.69) is 10.0 Å². The van der Waals surface area contributed by atoms with Gasteiger partial charge < -0.3 is 26.4 Å². The number of carbonyl (C=O) groups excluding carboxylic acids is 2. The van der Waals surface area contributed by atoms with Crippen LogP contribution in [0.2, 0.25) is 0 Å². The van der Waals surface area contributed by atoms with Crippen molar-refractivity contribution in [1.82, 2.24) is 14.9 Å². The molecule has 1 saturated heterocycles. The van der Waals surface area contributed by atoms with E-state index >= 15 is 0 Å². The van der Waals surface area contributed by atoms with Crippen molar-refractivity contribution in [3.63, 3.8) is 0 Å². The Bertz CT molecular complexity index is 1100. The van der Waals surface area contributed by atoms with Gasteiger partial charge in [-0.1, -0.05) is 36.2 Å². The molecule has 1 heterocycles. The third-order valence-electron chi connectivity index (χ3n) is 5.35. The van der Waals surface area contributed by atoms with Crippen LogP contribution in [0.25, 0.3) is 0 Å². The molecule has 0 aliphatic carbocycles. The number of nitrogens with two attached hydrogens (primary N) is 2. The van der Waals surface area contributed by atoms with Gasteiger partial charge in [0.05, 0.1) is 5.71 Å². The second kappa shape index (κ2) is 12.6. The Kier molecular flexibility index (Phi) is 9.33. The van der Waals surface area contributed by atoms with E-state index < -0.39 is 5.91 Å². The summed E-state index contributed by atoms with van der Waals surface area (Å²) in [5, 5.41) is 11.6.